The van der Waals surface area contributed by atoms with Crippen LogP contribution in [0.3, 0.4) is 0 Å². The number of amidine groups is 1. The fourth-order valence-electron chi connectivity index (χ4n) is 2.89. The Morgan fingerprint density at radius 3 is 2.71 bits per heavy atom. The summed E-state index contributed by atoms with van der Waals surface area (Å²) in [6, 6.07) is 4.73. The second-order valence-corrected chi connectivity index (χ2v) is 6.62. The van der Waals surface area contributed by atoms with Gasteiger partial charge in [0.1, 0.15) is 23.8 Å². The Morgan fingerprint density at radius 1 is 1.39 bits per heavy atom. The molecule has 0 radical (unpaired) electrons. The van der Waals surface area contributed by atoms with E-state index in [4.69, 9.17) is 15.6 Å². The minimum Gasteiger partial charge on any atom is -0.494 e. The van der Waals surface area contributed by atoms with Gasteiger partial charge in [-0.2, -0.15) is 0 Å². The lowest BCUT2D eigenvalue weighted by Gasteiger charge is -2.28. The highest BCUT2D eigenvalue weighted by atomic mass is 19.1. The van der Waals surface area contributed by atoms with Crippen LogP contribution in [0.5, 0.6) is 0 Å². The Morgan fingerprint density at radius 2 is 2.14 bits per heavy atom. The molecule has 0 bridgehead atoms. The van der Waals surface area contributed by atoms with Crippen LogP contribution < -0.4 is 10.6 Å². The molecule has 7 heteroatoms. The van der Waals surface area contributed by atoms with Gasteiger partial charge in [-0.1, -0.05) is 6.58 Å². The molecule has 1 fully saturated rings. The zero-order chi connectivity index (χ0) is 20.5. The summed E-state index contributed by atoms with van der Waals surface area (Å²) in [5.74, 6) is 0.428. The van der Waals surface area contributed by atoms with Gasteiger partial charge in [0.2, 0.25) is 0 Å². The number of benzene rings is 1. The van der Waals surface area contributed by atoms with E-state index in [-0.39, 0.29) is 0 Å². The molecule has 0 atom stereocenters. The first-order valence-corrected chi connectivity index (χ1v) is 9.39. The van der Waals surface area contributed by atoms with E-state index in [9.17, 15) is 4.39 Å². The average Bonchev–Trinajstić information content (AvgIpc) is 2.64. The maximum Gasteiger partial charge on any atom is 0.124 e. The van der Waals surface area contributed by atoms with Crippen molar-refractivity contribution in [2.75, 3.05) is 11.9 Å². The first kappa shape index (κ1) is 21.3. The second-order valence-electron chi connectivity index (χ2n) is 6.62. The van der Waals surface area contributed by atoms with Crippen LogP contribution in [-0.2, 0) is 4.74 Å². The van der Waals surface area contributed by atoms with Crippen LogP contribution >= 0.6 is 0 Å². The van der Waals surface area contributed by atoms with Gasteiger partial charge in [-0.15, -0.1) is 0 Å². The topological polar surface area (TPSA) is 93.3 Å². The molecule has 1 aromatic rings. The van der Waals surface area contributed by atoms with Crippen molar-refractivity contribution >= 4 is 29.8 Å². The number of allylic oxidation sites excluding steroid dienone is 1. The Kier molecular flexibility index (Phi) is 7.92. The third-order valence-corrected chi connectivity index (χ3v) is 4.64. The van der Waals surface area contributed by atoms with Crippen molar-refractivity contribution in [1.29, 1.82) is 10.8 Å². The van der Waals surface area contributed by atoms with Gasteiger partial charge in [0.05, 0.1) is 12.3 Å². The number of hydrogen-bond acceptors (Lipinski definition) is 4. The Labute approximate surface area is 165 Å². The zero-order valence-electron chi connectivity index (χ0n) is 16.4. The predicted octanol–water partition coefficient (Wildman–Crippen LogP) is 4.71. The highest BCUT2D eigenvalue weighted by Crippen LogP contribution is 2.26. The molecule has 0 saturated heterocycles. The molecule has 0 heterocycles. The second kappa shape index (κ2) is 10.4. The van der Waals surface area contributed by atoms with Crippen molar-refractivity contribution in [3.8, 4) is 0 Å². The van der Waals surface area contributed by atoms with Crippen LogP contribution in [0.4, 0.5) is 10.1 Å². The monoisotopic (exact) mass is 385 g/mol. The molecule has 0 spiro atoms. The van der Waals surface area contributed by atoms with Crippen molar-refractivity contribution in [2.45, 2.75) is 45.6 Å². The van der Waals surface area contributed by atoms with Gasteiger partial charge < -0.3 is 20.8 Å². The minimum absolute atomic E-state index is 0.336. The van der Waals surface area contributed by atoms with Crippen molar-refractivity contribution in [2.24, 2.45) is 4.99 Å². The standard InChI is InChI=1S/C21H28FN5O/c1-4-28-15(3)19-11-17(22)8-9-20(19)27-21(25-13-24)10-16(12-23)14(2)26-18-6-5-7-18/h8-9,11-13,18,23,26H,3-7,10H2,1-2H3,(H2,24,25,27)/b16-14-,23-12?. The maximum atomic E-state index is 13.7. The molecule has 28 heavy (non-hydrogen) atoms. The molecule has 0 unspecified atom stereocenters. The first-order valence-electron chi connectivity index (χ1n) is 9.39. The number of ether oxygens (including phenoxy) is 1. The van der Waals surface area contributed by atoms with E-state index in [1.807, 2.05) is 13.8 Å². The number of nitrogens with zero attached hydrogens (tertiary/aromatic N) is 1. The average molecular weight is 385 g/mol. The number of rotatable bonds is 10. The molecular formula is C21H28FN5O. The van der Waals surface area contributed by atoms with Crippen molar-refractivity contribution < 1.29 is 9.13 Å². The molecule has 4 N–H and O–H groups in total. The summed E-state index contributed by atoms with van der Waals surface area (Å²) in [6.07, 6.45) is 6.08. The molecule has 0 amide bonds. The SMILES string of the molecule is C=C(OCC)c1cc(F)ccc1N/C(C/C(C=N)=C(\C)NC1CCC1)=N\C=N. The van der Waals surface area contributed by atoms with Gasteiger partial charge in [-0.3, -0.25) is 5.41 Å². The Hall–Kier alpha value is -2.96. The van der Waals surface area contributed by atoms with E-state index in [1.54, 1.807) is 6.07 Å². The summed E-state index contributed by atoms with van der Waals surface area (Å²) in [7, 11) is 0. The van der Waals surface area contributed by atoms with E-state index < -0.39 is 5.82 Å². The van der Waals surface area contributed by atoms with Crippen LogP contribution in [0.25, 0.3) is 5.76 Å². The molecule has 150 valence electrons. The summed E-state index contributed by atoms with van der Waals surface area (Å²) < 4.78 is 19.2. The van der Waals surface area contributed by atoms with E-state index in [1.165, 1.54) is 24.8 Å². The first-order chi connectivity index (χ1) is 13.5. The number of aliphatic imine (C=N–C) groups is 1. The number of halogens is 1. The lowest BCUT2D eigenvalue weighted by Crippen LogP contribution is -2.34. The molecular weight excluding hydrogens is 357 g/mol. The Balaban J connectivity index is 2.24. The number of hydrogen-bond donors (Lipinski definition) is 4. The third-order valence-electron chi connectivity index (χ3n) is 4.64. The van der Waals surface area contributed by atoms with E-state index in [0.29, 0.717) is 41.9 Å². The molecule has 0 aromatic heterocycles. The van der Waals surface area contributed by atoms with Gasteiger partial charge in [0.15, 0.2) is 0 Å². The fraction of sp³-hybridized carbons (Fsp3) is 0.381. The van der Waals surface area contributed by atoms with Gasteiger partial charge in [-0.25, -0.2) is 9.38 Å². The van der Waals surface area contributed by atoms with Gasteiger partial charge in [-0.05, 0) is 56.9 Å². The van der Waals surface area contributed by atoms with Crippen LogP contribution in [0.2, 0.25) is 0 Å². The van der Waals surface area contributed by atoms with Gasteiger partial charge in [0, 0.05) is 29.9 Å². The van der Waals surface area contributed by atoms with Crippen LogP contribution in [0, 0.1) is 16.6 Å². The maximum absolute atomic E-state index is 13.7. The summed E-state index contributed by atoms with van der Waals surface area (Å²) >= 11 is 0. The fourth-order valence-corrected chi connectivity index (χ4v) is 2.89. The van der Waals surface area contributed by atoms with Crippen molar-refractivity contribution in [1.82, 2.24) is 5.32 Å². The number of nitrogens with one attached hydrogen (secondary N) is 4. The highest BCUT2D eigenvalue weighted by Gasteiger charge is 2.18. The quantitative estimate of drug-likeness (QED) is 0.267. The van der Waals surface area contributed by atoms with Gasteiger partial charge in [0.25, 0.3) is 0 Å². The lowest BCUT2D eigenvalue weighted by molar-refractivity contribution is 0.299. The molecule has 1 aromatic carbocycles. The molecule has 1 aliphatic carbocycles. The van der Waals surface area contributed by atoms with Crippen LogP contribution in [-0.4, -0.2) is 31.0 Å². The lowest BCUT2D eigenvalue weighted by atomic mass is 9.92. The highest BCUT2D eigenvalue weighted by molar-refractivity contribution is 6.04. The summed E-state index contributed by atoms with van der Waals surface area (Å²) in [5.41, 5.74) is 2.77. The summed E-state index contributed by atoms with van der Waals surface area (Å²) in [6.45, 7) is 8.05. The third kappa shape index (κ3) is 5.77. The van der Waals surface area contributed by atoms with E-state index in [0.717, 1.165) is 30.5 Å². The summed E-state index contributed by atoms with van der Waals surface area (Å²) in [5, 5.41) is 21.7. The van der Waals surface area contributed by atoms with Crippen LogP contribution in [0.15, 0.2) is 41.0 Å². The van der Waals surface area contributed by atoms with E-state index in [2.05, 4.69) is 22.2 Å². The molecule has 2 rings (SSSR count). The summed E-state index contributed by atoms with van der Waals surface area (Å²) in [4.78, 5) is 4.09. The largest absolute Gasteiger partial charge is 0.494 e. The minimum atomic E-state index is -0.396. The Bertz CT molecular complexity index is 796. The van der Waals surface area contributed by atoms with Crippen molar-refractivity contribution in [3.63, 3.8) is 0 Å². The van der Waals surface area contributed by atoms with Crippen LogP contribution in [0.1, 0.15) is 45.1 Å². The predicted molar refractivity (Wildman–Crippen MR) is 114 cm³/mol. The smallest absolute Gasteiger partial charge is 0.124 e. The molecule has 6 nitrogen and oxygen atoms in total. The molecule has 1 saturated carbocycles. The van der Waals surface area contributed by atoms with E-state index >= 15 is 0 Å². The zero-order valence-corrected chi connectivity index (χ0v) is 16.4. The van der Waals surface area contributed by atoms with Gasteiger partial charge >= 0.3 is 0 Å². The number of anilines is 1. The molecule has 0 aliphatic heterocycles. The van der Waals surface area contributed by atoms with Crippen molar-refractivity contribution in [3.05, 3.63) is 47.4 Å². The normalized spacial score (nSPS) is 15.2. The molecule has 1 aliphatic rings.